The van der Waals surface area contributed by atoms with Crippen LogP contribution in [0.1, 0.15) is 26.2 Å². The number of imide groups is 1. The van der Waals surface area contributed by atoms with Crippen molar-refractivity contribution in [2.45, 2.75) is 26.2 Å². The lowest BCUT2D eigenvalue weighted by Gasteiger charge is -2.26. The summed E-state index contributed by atoms with van der Waals surface area (Å²) in [6.07, 6.45) is 2.11. The van der Waals surface area contributed by atoms with Gasteiger partial charge in [0.2, 0.25) is 11.8 Å². The first-order chi connectivity index (χ1) is 5.16. The summed E-state index contributed by atoms with van der Waals surface area (Å²) in [4.78, 5) is 23.5. The third-order valence-corrected chi connectivity index (χ3v) is 2.25. The van der Waals surface area contributed by atoms with Crippen molar-refractivity contribution in [3.63, 3.8) is 0 Å². The minimum absolute atomic E-state index is 0.0104. The van der Waals surface area contributed by atoms with Crippen molar-refractivity contribution in [3.8, 4) is 0 Å². The molecular weight excluding hydrogens is 142 g/mol. The minimum atomic E-state index is -0.0419. The fourth-order valence-corrected chi connectivity index (χ4v) is 1.36. The highest BCUT2D eigenvalue weighted by Gasteiger charge is 2.29. The fraction of sp³-hybridized carbons (Fsp3) is 0.750. The van der Waals surface area contributed by atoms with Gasteiger partial charge in [0.15, 0.2) is 0 Å². The smallest absolute Gasteiger partial charge is 0.232 e. The molecule has 0 spiro atoms. The van der Waals surface area contributed by atoms with E-state index in [1.54, 1.807) is 7.05 Å². The second-order valence-electron chi connectivity index (χ2n) is 2.93. The van der Waals surface area contributed by atoms with Gasteiger partial charge in [0.05, 0.1) is 0 Å². The second-order valence-corrected chi connectivity index (χ2v) is 2.93. The molecule has 0 saturated carbocycles. The van der Waals surface area contributed by atoms with E-state index in [2.05, 4.69) is 0 Å². The number of piperidine rings is 1. The van der Waals surface area contributed by atoms with Crippen LogP contribution in [0.15, 0.2) is 0 Å². The Morgan fingerprint density at radius 2 is 2.18 bits per heavy atom. The molecule has 0 aromatic heterocycles. The molecule has 11 heavy (non-hydrogen) atoms. The van der Waals surface area contributed by atoms with E-state index in [4.69, 9.17) is 0 Å². The summed E-state index contributed by atoms with van der Waals surface area (Å²) in [5.74, 6) is 0.0288. The number of carbonyl (C=O) groups is 2. The van der Waals surface area contributed by atoms with E-state index in [-0.39, 0.29) is 17.7 Å². The molecule has 3 nitrogen and oxygen atoms in total. The van der Waals surface area contributed by atoms with Crippen molar-refractivity contribution in [1.82, 2.24) is 4.90 Å². The SMILES string of the molecule is CCC1CCC(=O)N(C)C1=O. The van der Waals surface area contributed by atoms with E-state index >= 15 is 0 Å². The van der Waals surface area contributed by atoms with E-state index < -0.39 is 0 Å². The maximum Gasteiger partial charge on any atom is 0.232 e. The van der Waals surface area contributed by atoms with Crippen LogP contribution < -0.4 is 0 Å². The van der Waals surface area contributed by atoms with Crippen LogP contribution in [-0.4, -0.2) is 23.8 Å². The maximum atomic E-state index is 11.3. The standard InChI is InChI=1S/C8H13NO2/c1-3-6-4-5-7(10)9(2)8(6)11/h6H,3-5H2,1-2H3. The Bertz CT molecular complexity index is 189. The van der Waals surface area contributed by atoms with Gasteiger partial charge in [0, 0.05) is 19.4 Å². The Balaban J connectivity index is 2.67. The molecule has 0 radical (unpaired) electrons. The van der Waals surface area contributed by atoms with E-state index in [9.17, 15) is 9.59 Å². The largest absolute Gasteiger partial charge is 0.286 e. The lowest BCUT2D eigenvalue weighted by molar-refractivity contribution is -0.149. The second kappa shape index (κ2) is 3.03. The summed E-state index contributed by atoms with van der Waals surface area (Å²) < 4.78 is 0. The summed E-state index contributed by atoms with van der Waals surface area (Å²) in [6.45, 7) is 1.98. The van der Waals surface area contributed by atoms with E-state index in [0.29, 0.717) is 6.42 Å². The molecule has 1 rings (SSSR count). The highest BCUT2D eigenvalue weighted by atomic mass is 16.2. The summed E-state index contributed by atoms with van der Waals surface area (Å²) in [7, 11) is 1.56. The molecule has 1 heterocycles. The number of rotatable bonds is 1. The van der Waals surface area contributed by atoms with Gasteiger partial charge >= 0.3 is 0 Å². The average molecular weight is 155 g/mol. The molecule has 1 saturated heterocycles. The lowest BCUT2D eigenvalue weighted by atomic mass is 9.95. The molecule has 0 aromatic rings. The van der Waals surface area contributed by atoms with Crippen molar-refractivity contribution in [3.05, 3.63) is 0 Å². The minimum Gasteiger partial charge on any atom is -0.286 e. The van der Waals surface area contributed by atoms with Gasteiger partial charge in [-0.1, -0.05) is 6.92 Å². The van der Waals surface area contributed by atoms with Crippen molar-refractivity contribution < 1.29 is 9.59 Å². The Labute approximate surface area is 66.4 Å². The molecule has 62 valence electrons. The number of likely N-dealkylation sites (tertiary alicyclic amines) is 1. The van der Waals surface area contributed by atoms with E-state index in [1.807, 2.05) is 6.92 Å². The zero-order valence-corrected chi connectivity index (χ0v) is 6.96. The molecule has 3 heteroatoms. The molecule has 1 fully saturated rings. The van der Waals surface area contributed by atoms with Crippen LogP contribution in [0.3, 0.4) is 0 Å². The number of carbonyl (C=O) groups excluding carboxylic acids is 2. The number of hydrogen-bond donors (Lipinski definition) is 0. The van der Waals surface area contributed by atoms with Gasteiger partial charge in [0.25, 0.3) is 0 Å². The van der Waals surface area contributed by atoms with Gasteiger partial charge < -0.3 is 0 Å². The molecule has 1 unspecified atom stereocenters. The van der Waals surface area contributed by atoms with Gasteiger partial charge in [-0.15, -0.1) is 0 Å². The molecule has 1 atom stereocenters. The number of amides is 2. The van der Waals surface area contributed by atoms with Crippen molar-refractivity contribution in [2.75, 3.05) is 7.05 Å². The van der Waals surface area contributed by atoms with Crippen LogP contribution in [0.2, 0.25) is 0 Å². The molecule has 0 N–H and O–H groups in total. The van der Waals surface area contributed by atoms with E-state index in [0.717, 1.165) is 12.8 Å². The fourth-order valence-electron chi connectivity index (χ4n) is 1.36. The molecule has 0 bridgehead atoms. The van der Waals surface area contributed by atoms with Crippen molar-refractivity contribution >= 4 is 11.8 Å². The number of hydrogen-bond acceptors (Lipinski definition) is 2. The zero-order chi connectivity index (χ0) is 8.43. The van der Waals surface area contributed by atoms with Crippen molar-refractivity contribution in [1.29, 1.82) is 0 Å². The molecule has 1 aliphatic heterocycles. The predicted octanol–water partition coefficient (Wildman–Crippen LogP) is 0.791. The lowest BCUT2D eigenvalue weighted by Crippen LogP contribution is -2.42. The first-order valence-electron chi connectivity index (χ1n) is 3.97. The first kappa shape index (κ1) is 8.24. The normalized spacial score (nSPS) is 26.0. The topological polar surface area (TPSA) is 37.4 Å². The third-order valence-electron chi connectivity index (χ3n) is 2.25. The Morgan fingerprint density at radius 3 is 2.73 bits per heavy atom. The summed E-state index contributed by atoms with van der Waals surface area (Å²) in [5, 5.41) is 0. The third kappa shape index (κ3) is 1.42. The van der Waals surface area contributed by atoms with E-state index in [1.165, 1.54) is 4.90 Å². The van der Waals surface area contributed by atoms with Crippen LogP contribution in [0.4, 0.5) is 0 Å². The van der Waals surface area contributed by atoms with Crippen LogP contribution in [0, 0.1) is 5.92 Å². The molecule has 0 aliphatic carbocycles. The van der Waals surface area contributed by atoms with Crippen LogP contribution in [0.25, 0.3) is 0 Å². The first-order valence-corrected chi connectivity index (χ1v) is 3.97. The van der Waals surface area contributed by atoms with Crippen molar-refractivity contribution in [2.24, 2.45) is 5.92 Å². The van der Waals surface area contributed by atoms with Crippen LogP contribution in [-0.2, 0) is 9.59 Å². The predicted molar refractivity (Wildman–Crippen MR) is 40.8 cm³/mol. The van der Waals surface area contributed by atoms with Crippen LogP contribution in [0.5, 0.6) is 0 Å². The highest BCUT2D eigenvalue weighted by molar-refractivity contribution is 5.98. The Morgan fingerprint density at radius 1 is 1.55 bits per heavy atom. The highest BCUT2D eigenvalue weighted by Crippen LogP contribution is 2.19. The van der Waals surface area contributed by atoms with Gasteiger partial charge in [-0.3, -0.25) is 14.5 Å². The summed E-state index contributed by atoms with van der Waals surface area (Å²) >= 11 is 0. The van der Waals surface area contributed by atoms with Gasteiger partial charge in [-0.25, -0.2) is 0 Å². The summed E-state index contributed by atoms with van der Waals surface area (Å²) in [5.41, 5.74) is 0. The maximum absolute atomic E-state index is 11.3. The quantitative estimate of drug-likeness (QED) is 0.525. The monoisotopic (exact) mass is 155 g/mol. The Kier molecular flexibility index (Phi) is 2.27. The molecule has 0 aromatic carbocycles. The molecular formula is C8H13NO2. The van der Waals surface area contributed by atoms with Gasteiger partial charge in [-0.05, 0) is 12.8 Å². The summed E-state index contributed by atoms with van der Waals surface area (Å²) in [6, 6.07) is 0. The Hall–Kier alpha value is -0.860. The molecule has 1 aliphatic rings. The van der Waals surface area contributed by atoms with Gasteiger partial charge in [-0.2, -0.15) is 0 Å². The van der Waals surface area contributed by atoms with Crippen LogP contribution >= 0.6 is 0 Å². The average Bonchev–Trinajstić information content (AvgIpc) is 2.01. The zero-order valence-electron chi connectivity index (χ0n) is 6.96. The van der Waals surface area contributed by atoms with Gasteiger partial charge in [0.1, 0.15) is 0 Å². The number of nitrogens with zero attached hydrogens (tertiary/aromatic N) is 1. The molecule has 2 amide bonds.